The number of carbonyl (C=O) groups is 4. The summed E-state index contributed by atoms with van der Waals surface area (Å²) in [6.45, 7) is 6.88. The van der Waals surface area contributed by atoms with Crippen LogP contribution in [0.2, 0.25) is 0 Å². The number of hydrogen-bond acceptors (Lipinski definition) is 6. The fraction of sp³-hybridized carbons (Fsp3) is 0.667. The van der Waals surface area contributed by atoms with Gasteiger partial charge in [-0.2, -0.15) is 0 Å². The molecule has 2 fully saturated rings. The molecule has 0 N–H and O–H groups in total. The predicted molar refractivity (Wildman–Crippen MR) is 66.7 cm³/mol. The van der Waals surface area contributed by atoms with Gasteiger partial charge >= 0.3 is 12.2 Å². The van der Waals surface area contributed by atoms with E-state index in [1.807, 2.05) is 0 Å². The van der Waals surface area contributed by atoms with Gasteiger partial charge < -0.3 is 9.47 Å². The van der Waals surface area contributed by atoms with Crippen LogP contribution in [-0.4, -0.2) is 59.1 Å². The Morgan fingerprint density at radius 3 is 1.30 bits per heavy atom. The lowest BCUT2D eigenvalue weighted by atomic mass is 10.3. The summed E-state index contributed by atoms with van der Waals surface area (Å²) in [5.74, 6) is -0.509. The largest absolute Gasteiger partial charge is 0.447 e. The number of cyclic esters (lactones) is 2. The fourth-order valence-corrected chi connectivity index (χ4v) is 1.91. The van der Waals surface area contributed by atoms with Crippen LogP contribution in [-0.2, 0) is 19.1 Å². The molecule has 2 unspecified atom stereocenters. The van der Waals surface area contributed by atoms with E-state index in [1.165, 1.54) is 13.8 Å². The van der Waals surface area contributed by atoms with Crippen molar-refractivity contribution in [2.24, 2.45) is 0 Å². The number of hydrogen-bond donors (Lipinski definition) is 0. The molecule has 2 saturated heterocycles. The van der Waals surface area contributed by atoms with Crippen molar-refractivity contribution in [2.45, 2.75) is 39.8 Å². The van der Waals surface area contributed by atoms with Crippen LogP contribution >= 0.6 is 0 Å². The van der Waals surface area contributed by atoms with E-state index < -0.39 is 12.2 Å². The Labute approximate surface area is 116 Å². The van der Waals surface area contributed by atoms with Gasteiger partial charge in [-0.1, -0.05) is 0 Å². The van der Waals surface area contributed by atoms with E-state index in [9.17, 15) is 19.2 Å². The molecule has 0 spiro atoms. The van der Waals surface area contributed by atoms with Crippen molar-refractivity contribution in [3.05, 3.63) is 0 Å². The maximum atomic E-state index is 10.7. The molecule has 0 aromatic rings. The highest BCUT2D eigenvalue weighted by Gasteiger charge is 2.33. The molecule has 0 radical (unpaired) electrons. The molecule has 2 aliphatic rings. The lowest BCUT2D eigenvalue weighted by Gasteiger charge is -2.11. The fourth-order valence-electron chi connectivity index (χ4n) is 1.91. The van der Waals surface area contributed by atoms with E-state index in [1.54, 1.807) is 13.8 Å². The van der Waals surface area contributed by atoms with E-state index in [0.717, 1.165) is 9.80 Å². The average molecular weight is 286 g/mol. The third-order valence-electron chi connectivity index (χ3n) is 2.85. The first-order chi connectivity index (χ1) is 9.25. The molecule has 4 amide bonds. The van der Waals surface area contributed by atoms with Gasteiger partial charge in [-0.25, -0.2) is 19.4 Å². The van der Waals surface area contributed by atoms with Gasteiger partial charge in [0, 0.05) is 13.8 Å². The average Bonchev–Trinajstić information content (AvgIpc) is 2.83. The van der Waals surface area contributed by atoms with Crippen molar-refractivity contribution in [3.8, 4) is 0 Å². The summed E-state index contributed by atoms with van der Waals surface area (Å²) in [6.07, 6.45) is -1.06. The van der Waals surface area contributed by atoms with Gasteiger partial charge in [-0.15, -0.1) is 0 Å². The molecule has 8 heteroatoms. The van der Waals surface area contributed by atoms with E-state index in [2.05, 4.69) is 9.47 Å². The third kappa shape index (κ3) is 3.46. The van der Waals surface area contributed by atoms with Gasteiger partial charge in [-0.05, 0) is 13.8 Å². The molecular formula is C12H18N2O6. The molecule has 2 heterocycles. The van der Waals surface area contributed by atoms with Gasteiger partial charge in [0.15, 0.2) is 0 Å². The Bertz CT molecular complexity index is 396. The standard InChI is InChI=1S/2C6H9NO3/c2*1-4-3-10-6(9)7(4)5(2)8/h2*4H,3H2,1-2H3. The Morgan fingerprint density at radius 2 is 1.20 bits per heavy atom. The zero-order valence-corrected chi connectivity index (χ0v) is 11.9. The SMILES string of the molecule is CC(=O)N1C(=O)OCC1C.CC(=O)N1C(=O)OCC1C. The third-order valence-corrected chi connectivity index (χ3v) is 2.85. The highest BCUT2D eigenvalue weighted by molar-refractivity contribution is 5.92. The molecule has 0 aromatic carbocycles. The number of nitrogens with zero attached hydrogens (tertiary/aromatic N) is 2. The summed E-state index contributed by atoms with van der Waals surface area (Å²) in [5.41, 5.74) is 0. The van der Waals surface area contributed by atoms with Crippen LogP contribution in [0.3, 0.4) is 0 Å². The number of ether oxygens (including phenoxy) is 2. The molecule has 112 valence electrons. The van der Waals surface area contributed by atoms with E-state index in [-0.39, 0.29) is 23.9 Å². The quantitative estimate of drug-likeness (QED) is 0.652. The molecule has 0 bridgehead atoms. The molecule has 2 atom stereocenters. The van der Waals surface area contributed by atoms with Gasteiger partial charge in [0.2, 0.25) is 11.8 Å². The Morgan fingerprint density at radius 1 is 0.900 bits per heavy atom. The monoisotopic (exact) mass is 286 g/mol. The molecule has 2 rings (SSSR count). The highest BCUT2D eigenvalue weighted by atomic mass is 16.6. The first kappa shape index (κ1) is 15.9. The minimum Gasteiger partial charge on any atom is -0.447 e. The van der Waals surface area contributed by atoms with Crippen LogP contribution in [0.1, 0.15) is 27.7 Å². The first-order valence-corrected chi connectivity index (χ1v) is 6.18. The zero-order valence-electron chi connectivity index (χ0n) is 11.9. The van der Waals surface area contributed by atoms with E-state index in [0.29, 0.717) is 13.2 Å². The maximum absolute atomic E-state index is 10.7. The van der Waals surface area contributed by atoms with Gasteiger partial charge in [-0.3, -0.25) is 9.59 Å². The summed E-state index contributed by atoms with van der Waals surface area (Å²) in [7, 11) is 0. The second kappa shape index (κ2) is 6.36. The zero-order chi connectivity index (χ0) is 15.4. The van der Waals surface area contributed by atoms with Crippen molar-refractivity contribution in [3.63, 3.8) is 0 Å². The predicted octanol–water partition coefficient (Wildman–Crippen LogP) is 0.747. The summed E-state index contributed by atoms with van der Waals surface area (Å²) in [5, 5.41) is 0. The molecule has 0 saturated carbocycles. The molecule has 8 nitrogen and oxygen atoms in total. The van der Waals surface area contributed by atoms with Crippen molar-refractivity contribution in [1.82, 2.24) is 9.80 Å². The van der Waals surface area contributed by atoms with E-state index >= 15 is 0 Å². The molecule has 2 aliphatic heterocycles. The van der Waals surface area contributed by atoms with Crippen LogP contribution in [0.5, 0.6) is 0 Å². The summed E-state index contributed by atoms with van der Waals surface area (Å²) in [4.78, 5) is 45.0. The van der Waals surface area contributed by atoms with Crippen LogP contribution in [0.15, 0.2) is 0 Å². The molecular weight excluding hydrogens is 268 g/mol. The second-order valence-electron chi connectivity index (χ2n) is 4.63. The smallest absolute Gasteiger partial charge is 0.416 e. The van der Waals surface area contributed by atoms with E-state index in [4.69, 9.17) is 0 Å². The van der Waals surface area contributed by atoms with Crippen LogP contribution in [0.25, 0.3) is 0 Å². The minimum absolute atomic E-state index is 0.106. The summed E-state index contributed by atoms with van der Waals surface area (Å²) < 4.78 is 9.21. The van der Waals surface area contributed by atoms with Crippen molar-refractivity contribution < 1.29 is 28.7 Å². The minimum atomic E-state index is -0.528. The van der Waals surface area contributed by atoms with Gasteiger partial charge in [0.1, 0.15) is 13.2 Å². The Kier molecular flexibility index (Phi) is 5.06. The van der Waals surface area contributed by atoms with Crippen molar-refractivity contribution in [2.75, 3.05) is 13.2 Å². The molecule has 20 heavy (non-hydrogen) atoms. The Hall–Kier alpha value is -2.12. The molecule has 0 aliphatic carbocycles. The lowest BCUT2D eigenvalue weighted by molar-refractivity contribution is -0.127. The number of carbonyl (C=O) groups excluding carboxylic acids is 4. The maximum Gasteiger partial charge on any atom is 0.416 e. The van der Waals surface area contributed by atoms with Crippen molar-refractivity contribution in [1.29, 1.82) is 0 Å². The second-order valence-corrected chi connectivity index (χ2v) is 4.63. The van der Waals surface area contributed by atoms with Gasteiger partial charge in [0.25, 0.3) is 0 Å². The Balaban J connectivity index is 0.000000200. The topological polar surface area (TPSA) is 93.2 Å². The highest BCUT2D eigenvalue weighted by Crippen LogP contribution is 2.11. The van der Waals surface area contributed by atoms with Crippen LogP contribution in [0, 0.1) is 0 Å². The molecule has 0 aromatic heterocycles. The lowest BCUT2D eigenvalue weighted by Crippen LogP contribution is -2.35. The summed E-state index contributed by atoms with van der Waals surface area (Å²) >= 11 is 0. The number of imide groups is 2. The number of amides is 4. The van der Waals surface area contributed by atoms with Gasteiger partial charge in [0.05, 0.1) is 12.1 Å². The number of rotatable bonds is 0. The first-order valence-electron chi connectivity index (χ1n) is 6.18. The van der Waals surface area contributed by atoms with Crippen molar-refractivity contribution >= 4 is 24.0 Å². The normalized spacial score (nSPS) is 24.8. The summed E-state index contributed by atoms with van der Waals surface area (Å²) in [6, 6.07) is -0.213. The van der Waals surface area contributed by atoms with Crippen LogP contribution in [0.4, 0.5) is 9.59 Å². The van der Waals surface area contributed by atoms with Crippen LogP contribution < -0.4 is 0 Å².